The fraction of sp³-hybridized carbons (Fsp3) is 0.905. The topological polar surface area (TPSA) is 52.7 Å². The van der Waals surface area contributed by atoms with Gasteiger partial charge in [0.2, 0.25) is 11.8 Å². The van der Waals surface area contributed by atoms with Crippen LogP contribution in [-0.2, 0) is 9.59 Å². The molecule has 0 aromatic rings. The predicted octanol–water partition coefficient (Wildman–Crippen LogP) is 2.90. The molecule has 0 spiro atoms. The molecule has 2 fully saturated rings. The van der Waals surface area contributed by atoms with Crippen molar-refractivity contribution in [2.75, 3.05) is 39.3 Å². The first-order valence-corrected chi connectivity index (χ1v) is 10.6. The van der Waals surface area contributed by atoms with Crippen LogP contribution >= 0.6 is 0 Å². The lowest BCUT2D eigenvalue weighted by Gasteiger charge is -2.40. The van der Waals surface area contributed by atoms with Crippen molar-refractivity contribution >= 4 is 11.8 Å². The number of piperidine rings is 2. The van der Waals surface area contributed by atoms with E-state index in [2.05, 4.69) is 17.1 Å². The van der Waals surface area contributed by atoms with Gasteiger partial charge in [0.25, 0.3) is 0 Å². The zero-order chi connectivity index (χ0) is 19.2. The van der Waals surface area contributed by atoms with Gasteiger partial charge in [-0.1, -0.05) is 40.5 Å². The lowest BCUT2D eigenvalue weighted by atomic mass is 9.80. The Morgan fingerprint density at radius 1 is 1.04 bits per heavy atom. The minimum absolute atomic E-state index is 0.182. The highest BCUT2D eigenvalue weighted by Gasteiger charge is 2.35. The smallest absolute Gasteiger partial charge is 0.227 e. The highest BCUT2D eigenvalue weighted by atomic mass is 16.2. The highest BCUT2D eigenvalue weighted by molar-refractivity contribution is 5.81. The van der Waals surface area contributed by atoms with Gasteiger partial charge >= 0.3 is 0 Å². The molecule has 2 rings (SSSR count). The Morgan fingerprint density at radius 3 is 2.35 bits per heavy atom. The third-order valence-corrected chi connectivity index (χ3v) is 5.99. The second-order valence-electron chi connectivity index (χ2n) is 9.17. The molecular weight excluding hydrogens is 326 g/mol. The van der Waals surface area contributed by atoms with Gasteiger partial charge in [-0.25, -0.2) is 0 Å². The average Bonchev–Trinajstić information content (AvgIpc) is 2.61. The van der Waals surface area contributed by atoms with E-state index in [-0.39, 0.29) is 17.2 Å². The summed E-state index contributed by atoms with van der Waals surface area (Å²) in [6.07, 6.45) is 6.50. The summed E-state index contributed by atoms with van der Waals surface area (Å²) in [6.45, 7) is 13.8. The molecule has 2 unspecified atom stereocenters. The summed E-state index contributed by atoms with van der Waals surface area (Å²) in [5.41, 5.74) is -0.322. The van der Waals surface area contributed by atoms with Crippen molar-refractivity contribution in [2.24, 2.45) is 17.3 Å². The molecule has 150 valence electrons. The quantitative estimate of drug-likeness (QED) is 0.787. The average molecular weight is 366 g/mol. The molecule has 0 aliphatic carbocycles. The summed E-state index contributed by atoms with van der Waals surface area (Å²) in [5.74, 6) is 1.25. The Labute approximate surface area is 159 Å². The van der Waals surface area contributed by atoms with Gasteiger partial charge < -0.3 is 15.1 Å². The molecule has 0 aromatic carbocycles. The van der Waals surface area contributed by atoms with Crippen LogP contribution in [0.4, 0.5) is 0 Å². The van der Waals surface area contributed by atoms with Crippen molar-refractivity contribution in [1.29, 1.82) is 0 Å². The van der Waals surface area contributed by atoms with E-state index in [0.29, 0.717) is 18.3 Å². The van der Waals surface area contributed by atoms with Gasteiger partial charge in [0, 0.05) is 38.0 Å². The second kappa shape index (κ2) is 9.72. The van der Waals surface area contributed by atoms with Crippen LogP contribution in [0.5, 0.6) is 0 Å². The monoisotopic (exact) mass is 365 g/mol. The van der Waals surface area contributed by atoms with Crippen molar-refractivity contribution in [2.45, 2.75) is 66.2 Å². The molecule has 26 heavy (non-hydrogen) atoms. The third kappa shape index (κ3) is 6.26. The van der Waals surface area contributed by atoms with E-state index in [1.807, 2.05) is 25.7 Å². The number of hydrogen-bond acceptors (Lipinski definition) is 3. The summed E-state index contributed by atoms with van der Waals surface area (Å²) in [6, 6.07) is 0. The number of likely N-dealkylation sites (tertiary alicyclic amines) is 2. The van der Waals surface area contributed by atoms with Crippen LogP contribution in [0, 0.1) is 17.3 Å². The maximum Gasteiger partial charge on any atom is 0.227 e. The Hall–Kier alpha value is -1.10. The van der Waals surface area contributed by atoms with Crippen molar-refractivity contribution in [3.63, 3.8) is 0 Å². The van der Waals surface area contributed by atoms with E-state index in [9.17, 15) is 9.59 Å². The first-order valence-electron chi connectivity index (χ1n) is 10.6. The molecule has 5 heteroatoms. The Bertz CT molecular complexity index is 466. The van der Waals surface area contributed by atoms with Gasteiger partial charge in [-0.15, -0.1) is 0 Å². The summed E-state index contributed by atoms with van der Waals surface area (Å²) < 4.78 is 0. The fourth-order valence-corrected chi connectivity index (χ4v) is 4.32. The molecule has 2 aliphatic heterocycles. The largest absolute Gasteiger partial charge is 0.355 e. The fourth-order valence-electron chi connectivity index (χ4n) is 4.32. The molecule has 0 aromatic heterocycles. The van der Waals surface area contributed by atoms with Crippen LogP contribution in [0.3, 0.4) is 0 Å². The lowest BCUT2D eigenvalue weighted by molar-refractivity contribution is -0.142. The normalized spacial score (nSPS) is 25.2. The van der Waals surface area contributed by atoms with Gasteiger partial charge in [0.05, 0.1) is 0 Å². The van der Waals surface area contributed by atoms with Gasteiger partial charge in [-0.2, -0.15) is 0 Å². The summed E-state index contributed by atoms with van der Waals surface area (Å²) >= 11 is 0. The number of nitrogens with zero attached hydrogens (tertiary/aromatic N) is 2. The van der Waals surface area contributed by atoms with Crippen LogP contribution < -0.4 is 5.32 Å². The predicted molar refractivity (Wildman–Crippen MR) is 106 cm³/mol. The van der Waals surface area contributed by atoms with Gasteiger partial charge in [-0.3, -0.25) is 9.59 Å². The van der Waals surface area contributed by atoms with Crippen LogP contribution in [-0.4, -0.2) is 60.9 Å². The number of amides is 2. The highest BCUT2D eigenvalue weighted by Crippen LogP contribution is 2.31. The van der Waals surface area contributed by atoms with Crippen LogP contribution in [0.15, 0.2) is 0 Å². The van der Waals surface area contributed by atoms with E-state index < -0.39 is 0 Å². The van der Waals surface area contributed by atoms with E-state index >= 15 is 0 Å². The molecule has 5 nitrogen and oxygen atoms in total. The maximum absolute atomic E-state index is 12.5. The van der Waals surface area contributed by atoms with E-state index in [4.69, 9.17) is 0 Å². The van der Waals surface area contributed by atoms with Gasteiger partial charge in [-0.05, 0) is 44.2 Å². The van der Waals surface area contributed by atoms with Gasteiger partial charge in [0.15, 0.2) is 0 Å². The van der Waals surface area contributed by atoms with E-state index in [1.165, 1.54) is 32.4 Å². The Morgan fingerprint density at radius 2 is 1.73 bits per heavy atom. The van der Waals surface area contributed by atoms with Crippen LogP contribution in [0.2, 0.25) is 0 Å². The number of carbonyl (C=O) groups is 2. The molecule has 0 bridgehead atoms. The molecule has 1 N–H and O–H groups in total. The molecule has 0 saturated carbocycles. The molecule has 2 saturated heterocycles. The molecule has 0 radical (unpaired) electrons. The van der Waals surface area contributed by atoms with Crippen LogP contribution in [0.1, 0.15) is 66.2 Å². The van der Waals surface area contributed by atoms with E-state index in [0.717, 1.165) is 39.0 Å². The number of nitrogens with one attached hydrogen (secondary N) is 1. The number of rotatable bonds is 6. The zero-order valence-corrected chi connectivity index (χ0v) is 17.4. The summed E-state index contributed by atoms with van der Waals surface area (Å²) in [5, 5.41) is 3.12. The molecule has 2 aliphatic rings. The second-order valence-corrected chi connectivity index (χ2v) is 9.17. The summed E-state index contributed by atoms with van der Waals surface area (Å²) in [7, 11) is 0. The number of carbonyl (C=O) groups excluding carboxylic acids is 2. The maximum atomic E-state index is 12.5. The van der Waals surface area contributed by atoms with Crippen molar-refractivity contribution in [3.8, 4) is 0 Å². The zero-order valence-electron chi connectivity index (χ0n) is 17.4. The SMILES string of the molecule is CCC1CN(C(=O)C(C)(C)C)CCC1CC(=O)NCCN1CCCCC1. The first-order chi connectivity index (χ1) is 12.3. The number of hydrogen-bond donors (Lipinski definition) is 1. The molecule has 2 heterocycles. The van der Waals surface area contributed by atoms with Crippen molar-refractivity contribution in [3.05, 3.63) is 0 Å². The Balaban J connectivity index is 1.74. The minimum Gasteiger partial charge on any atom is -0.355 e. The Kier molecular flexibility index (Phi) is 7.93. The molecule has 2 amide bonds. The van der Waals surface area contributed by atoms with Crippen molar-refractivity contribution in [1.82, 2.24) is 15.1 Å². The summed E-state index contributed by atoms with van der Waals surface area (Å²) in [4.78, 5) is 29.4. The lowest BCUT2D eigenvalue weighted by Crippen LogP contribution is -2.48. The standard InChI is InChI=1S/C21H39N3O2/c1-5-17-16-24(20(26)21(2,3)4)13-9-18(17)15-19(25)22-10-14-23-11-7-6-8-12-23/h17-18H,5-16H2,1-4H3,(H,22,25). The first kappa shape index (κ1) is 21.2. The minimum atomic E-state index is -0.322. The van der Waals surface area contributed by atoms with Crippen molar-refractivity contribution < 1.29 is 9.59 Å². The molecule has 2 atom stereocenters. The van der Waals surface area contributed by atoms with Gasteiger partial charge in [0.1, 0.15) is 0 Å². The third-order valence-electron chi connectivity index (χ3n) is 5.99. The van der Waals surface area contributed by atoms with E-state index in [1.54, 1.807) is 0 Å². The molecular formula is C21H39N3O2. The van der Waals surface area contributed by atoms with Crippen LogP contribution in [0.25, 0.3) is 0 Å².